The summed E-state index contributed by atoms with van der Waals surface area (Å²) in [5, 5.41) is 0. The van der Waals surface area contributed by atoms with Crippen LogP contribution in [0.5, 0.6) is 0 Å². The number of carbonyl (C=O) groups excluding carboxylic acids is 1. The molecule has 6 heteroatoms. The van der Waals surface area contributed by atoms with Gasteiger partial charge in [0.1, 0.15) is 0 Å². The minimum atomic E-state index is -3.03. The van der Waals surface area contributed by atoms with Crippen LogP contribution in [0, 0.1) is 13.8 Å². The molecule has 1 amide bonds. The average Bonchev–Trinajstić information content (AvgIpc) is 2.78. The molecule has 2 rings (SSSR count). The topological polar surface area (TPSA) is 63.7 Å². The van der Waals surface area contributed by atoms with Gasteiger partial charge in [-0.2, -0.15) is 0 Å². The molecule has 0 saturated carbocycles. The fourth-order valence-electron chi connectivity index (χ4n) is 2.92. The molecule has 5 nitrogen and oxygen atoms in total. The molecule has 1 heterocycles. The summed E-state index contributed by atoms with van der Waals surface area (Å²) in [5.41, 5.74) is 2.65. The highest BCUT2D eigenvalue weighted by atomic mass is 32.2. The Morgan fingerprint density at radius 3 is 2.41 bits per heavy atom. The van der Waals surface area contributed by atoms with Gasteiger partial charge in [0.25, 0.3) is 5.91 Å². The van der Waals surface area contributed by atoms with Crippen molar-refractivity contribution in [1.29, 1.82) is 0 Å². The monoisotopic (exact) mass is 325 g/mol. The van der Waals surface area contributed by atoms with Gasteiger partial charge < -0.3 is 9.64 Å². The van der Waals surface area contributed by atoms with Crippen LogP contribution in [-0.2, 0) is 14.6 Å². The number of methoxy groups -OCH3 is 1. The Kier molecular flexibility index (Phi) is 5.24. The Labute approximate surface area is 132 Å². The van der Waals surface area contributed by atoms with E-state index in [1.807, 2.05) is 32.0 Å². The summed E-state index contributed by atoms with van der Waals surface area (Å²) in [6, 6.07) is 5.45. The quantitative estimate of drug-likeness (QED) is 0.824. The molecule has 1 aromatic rings. The average molecular weight is 325 g/mol. The van der Waals surface area contributed by atoms with Crippen molar-refractivity contribution >= 4 is 15.7 Å². The summed E-state index contributed by atoms with van der Waals surface area (Å²) < 4.78 is 28.5. The van der Waals surface area contributed by atoms with Gasteiger partial charge in [0, 0.05) is 25.3 Å². The lowest BCUT2D eigenvalue weighted by Crippen LogP contribution is -2.43. The first-order chi connectivity index (χ1) is 10.3. The maximum absolute atomic E-state index is 12.8. The number of nitrogens with zero attached hydrogens (tertiary/aromatic N) is 1. The number of aryl methyl sites for hydroxylation is 2. The highest BCUT2D eigenvalue weighted by molar-refractivity contribution is 7.91. The third-order valence-electron chi connectivity index (χ3n) is 3.91. The Morgan fingerprint density at radius 1 is 1.27 bits per heavy atom. The molecule has 122 valence electrons. The molecule has 1 aliphatic heterocycles. The normalized spacial score (nSPS) is 20.0. The van der Waals surface area contributed by atoms with Gasteiger partial charge in [-0.05, 0) is 32.4 Å². The lowest BCUT2D eigenvalue weighted by Gasteiger charge is -2.28. The minimum Gasteiger partial charge on any atom is -0.383 e. The van der Waals surface area contributed by atoms with Gasteiger partial charge >= 0.3 is 0 Å². The van der Waals surface area contributed by atoms with E-state index < -0.39 is 9.84 Å². The van der Waals surface area contributed by atoms with E-state index in [0.29, 0.717) is 25.1 Å². The van der Waals surface area contributed by atoms with Crippen molar-refractivity contribution < 1.29 is 17.9 Å². The Bertz CT molecular complexity index is 634. The van der Waals surface area contributed by atoms with Crippen molar-refractivity contribution in [3.63, 3.8) is 0 Å². The van der Waals surface area contributed by atoms with Crippen molar-refractivity contribution in [3.05, 3.63) is 34.9 Å². The van der Waals surface area contributed by atoms with E-state index in [4.69, 9.17) is 4.74 Å². The number of hydrogen-bond donors (Lipinski definition) is 0. The number of amides is 1. The van der Waals surface area contributed by atoms with E-state index in [1.165, 1.54) is 0 Å². The van der Waals surface area contributed by atoms with Crippen molar-refractivity contribution in [1.82, 2.24) is 4.90 Å². The molecule has 1 aromatic carbocycles. The lowest BCUT2D eigenvalue weighted by molar-refractivity contribution is 0.0624. The van der Waals surface area contributed by atoms with Crippen LogP contribution in [0.2, 0.25) is 0 Å². The smallest absolute Gasteiger partial charge is 0.254 e. The van der Waals surface area contributed by atoms with E-state index in [2.05, 4.69) is 0 Å². The van der Waals surface area contributed by atoms with E-state index in [9.17, 15) is 13.2 Å². The largest absolute Gasteiger partial charge is 0.383 e. The lowest BCUT2D eigenvalue weighted by atomic mass is 10.1. The first-order valence-electron chi connectivity index (χ1n) is 7.41. The molecule has 0 unspecified atom stereocenters. The first-order valence-corrected chi connectivity index (χ1v) is 9.23. The molecular weight excluding hydrogens is 302 g/mol. The van der Waals surface area contributed by atoms with Crippen LogP contribution in [0.25, 0.3) is 0 Å². The van der Waals surface area contributed by atoms with Gasteiger partial charge in [0.15, 0.2) is 9.84 Å². The van der Waals surface area contributed by atoms with Crippen molar-refractivity contribution in [3.8, 4) is 0 Å². The van der Waals surface area contributed by atoms with Crippen molar-refractivity contribution in [2.75, 3.05) is 31.8 Å². The molecule has 0 radical (unpaired) electrons. The molecule has 1 atom stereocenters. The fourth-order valence-corrected chi connectivity index (χ4v) is 4.66. The highest BCUT2D eigenvalue weighted by Gasteiger charge is 2.34. The molecule has 0 aromatic heterocycles. The second kappa shape index (κ2) is 6.79. The van der Waals surface area contributed by atoms with Crippen LogP contribution in [0.1, 0.15) is 27.9 Å². The van der Waals surface area contributed by atoms with E-state index in [-0.39, 0.29) is 23.5 Å². The van der Waals surface area contributed by atoms with Gasteiger partial charge in [0.05, 0.1) is 18.1 Å². The molecule has 1 saturated heterocycles. The summed E-state index contributed by atoms with van der Waals surface area (Å²) in [6.07, 6.45) is 0.503. The molecule has 0 aliphatic carbocycles. The summed E-state index contributed by atoms with van der Waals surface area (Å²) in [7, 11) is -1.46. The van der Waals surface area contributed by atoms with Crippen LogP contribution < -0.4 is 0 Å². The predicted molar refractivity (Wildman–Crippen MR) is 85.9 cm³/mol. The molecule has 0 N–H and O–H groups in total. The molecule has 1 aliphatic rings. The maximum Gasteiger partial charge on any atom is 0.254 e. The number of rotatable bonds is 5. The number of carbonyl (C=O) groups is 1. The zero-order chi connectivity index (χ0) is 16.3. The number of sulfone groups is 1. The van der Waals surface area contributed by atoms with Crippen molar-refractivity contribution in [2.24, 2.45) is 0 Å². The van der Waals surface area contributed by atoms with E-state index in [0.717, 1.165) is 11.1 Å². The third kappa shape index (κ3) is 4.08. The highest BCUT2D eigenvalue weighted by Crippen LogP contribution is 2.21. The molecule has 22 heavy (non-hydrogen) atoms. The summed E-state index contributed by atoms with van der Waals surface area (Å²) in [6.45, 7) is 4.70. The van der Waals surface area contributed by atoms with E-state index >= 15 is 0 Å². The molecular formula is C16H23NO4S. The predicted octanol–water partition coefficient (Wildman–Crippen LogP) is 1.58. The van der Waals surface area contributed by atoms with E-state index in [1.54, 1.807) is 12.0 Å². The number of benzene rings is 1. The zero-order valence-corrected chi connectivity index (χ0v) is 14.1. The summed E-state index contributed by atoms with van der Waals surface area (Å²) >= 11 is 0. The number of hydrogen-bond acceptors (Lipinski definition) is 4. The summed E-state index contributed by atoms with van der Waals surface area (Å²) in [5.74, 6) is 0.0834. The minimum absolute atomic E-state index is 0.0489. The van der Waals surface area contributed by atoms with Crippen LogP contribution in [0.15, 0.2) is 18.2 Å². The van der Waals surface area contributed by atoms with Gasteiger partial charge in [-0.1, -0.05) is 17.2 Å². The first kappa shape index (κ1) is 17.0. The Hall–Kier alpha value is -1.40. The standard InChI is InChI=1S/C16H23NO4S/c1-12-8-13(2)10-14(9-12)16(18)17(5-6-21-3)15-4-7-22(19,20)11-15/h8-10,15H,4-7,11H2,1-3H3/t15-/m0/s1. The van der Waals surface area contributed by atoms with Crippen LogP contribution in [0.3, 0.4) is 0 Å². The van der Waals surface area contributed by atoms with Gasteiger partial charge in [-0.15, -0.1) is 0 Å². The fraction of sp³-hybridized carbons (Fsp3) is 0.562. The van der Waals surface area contributed by atoms with Crippen LogP contribution in [-0.4, -0.2) is 57.0 Å². The van der Waals surface area contributed by atoms with Gasteiger partial charge in [-0.25, -0.2) is 8.42 Å². The number of ether oxygens (including phenoxy) is 1. The second-order valence-electron chi connectivity index (χ2n) is 5.92. The zero-order valence-electron chi connectivity index (χ0n) is 13.3. The SMILES string of the molecule is COCCN(C(=O)c1cc(C)cc(C)c1)[C@H]1CCS(=O)(=O)C1. The second-order valence-corrected chi connectivity index (χ2v) is 8.15. The van der Waals surface area contributed by atoms with Crippen LogP contribution in [0.4, 0.5) is 0 Å². The molecule has 0 spiro atoms. The van der Waals surface area contributed by atoms with Gasteiger partial charge in [-0.3, -0.25) is 4.79 Å². The maximum atomic E-state index is 12.8. The van der Waals surface area contributed by atoms with Gasteiger partial charge in [0.2, 0.25) is 0 Å². The molecule has 0 bridgehead atoms. The van der Waals surface area contributed by atoms with Crippen molar-refractivity contribution in [2.45, 2.75) is 26.3 Å². The Balaban J connectivity index is 2.26. The van der Waals surface area contributed by atoms with Crippen LogP contribution >= 0.6 is 0 Å². The summed E-state index contributed by atoms with van der Waals surface area (Å²) in [4.78, 5) is 14.5. The Morgan fingerprint density at radius 2 is 1.91 bits per heavy atom. The molecule has 1 fully saturated rings. The third-order valence-corrected chi connectivity index (χ3v) is 5.67.